The third kappa shape index (κ3) is 4.60. The van der Waals surface area contributed by atoms with Gasteiger partial charge in [0.1, 0.15) is 24.7 Å². The van der Waals surface area contributed by atoms with Gasteiger partial charge in [0, 0.05) is 10.0 Å². The van der Waals surface area contributed by atoms with Gasteiger partial charge in [0.15, 0.2) is 5.78 Å². The van der Waals surface area contributed by atoms with Crippen LogP contribution in [0.3, 0.4) is 0 Å². The highest BCUT2D eigenvalue weighted by atomic mass is 79.9. The van der Waals surface area contributed by atoms with Crippen molar-refractivity contribution in [3.63, 3.8) is 0 Å². The van der Waals surface area contributed by atoms with Gasteiger partial charge in [0.25, 0.3) is 0 Å². The van der Waals surface area contributed by atoms with E-state index in [0.29, 0.717) is 18.8 Å². The van der Waals surface area contributed by atoms with E-state index in [-0.39, 0.29) is 5.78 Å². The second kappa shape index (κ2) is 7.27. The van der Waals surface area contributed by atoms with Crippen LogP contribution in [0.2, 0.25) is 0 Å². The Morgan fingerprint density at radius 1 is 1.05 bits per heavy atom. The molecule has 0 saturated carbocycles. The normalized spacial score (nSPS) is 10.2. The molecule has 0 aliphatic heterocycles. The van der Waals surface area contributed by atoms with E-state index in [2.05, 4.69) is 15.9 Å². The van der Waals surface area contributed by atoms with Crippen LogP contribution in [0.5, 0.6) is 11.5 Å². The van der Waals surface area contributed by atoms with Crippen molar-refractivity contribution in [1.29, 1.82) is 0 Å². The van der Waals surface area contributed by atoms with Crippen LogP contribution in [0.15, 0.2) is 46.9 Å². The van der Waals surface area contributed by atoms with Crippen molar-refractivity contribution in [3.05, 3.63) is 58.1 Å². The van der Waals surface area contributed by atoms with E-state index in [1.54, 1.807) is 13.0 Å². The smallest absolute Gasteiger partial charge is 0.159 e. The van der Waals surface area contributed by atoms with Crippen molar-refractivity contribution >= 4 is 21.7 Å². The maximum Gasteiger partial charge on any atom is 0.159 e. The maximum absolute atomic E-state index is 11.3. The second-order valence-corrected chi connectivity index (χ2v) is 5.60. The molecule has 0 fully saturated rings. The summed E-state index contributed by atoms with van der Waals surface area (Å²) in [7, 11) is 0. The first kappa shape index (κ1) is 15.6. The third-order valence-corrected chi connectivity index (χ3v) is 3.53. The first-order chi connectivity index (χ1) is 10.1. The van der Waals surface area contributed by atoms with Crippen LogP contribution in [-0.2, 0) is 0 Å². The quantitative estimate of drug-likeness (QED) is 0.572. The lowest BCUT2D eigenvalue weighted by Gasteiger charge is -2.11. The number of ketones is 1. The predicted molar refractivity (Wildman–Crippen MR) is 86.3 cm³/mol. The number of Topliss-reactive ketones (excluding diaryl/α,β-unsaturated/α-hetero) is 1. The van der Waals surface area contributed by atoms with Crippen molar-refractivity contribution in [2.24, 2.45) is 0 Å². The molecule has 0 atom stereocenters. The molecule has 0 unspecified atom stereocenters. The Labute approximate surface area is 133 Å². The Kier molecular flexibility index (Phi) is 5.39. The molecule has 21 heavy (non-hydrogen) atoms. The summed E-state index contributed by atoms with van der Waals surface area (Å²) in [5, 5.41) is 0. The highest BCUT2D eigenvalue weighted by Crippen LogP contribution is 2.20. The fourth-order valence-electron chi connectivity index (χ4n) is 1.87. The average Bonchev–Trinajstić information content (AvgIpc) is 2.46. The van der Waals surface area contributed by atoms with Gasteiger partial charge in [-0.05, 0) is 61.9 Å². The Hall–Kier alpha value is -1.81. The van der Waals surface area contributed by atoms with Gasteiger partial charge in [0.05, 0.1) is 0 Å². The lowest BCUT2D eigenvalue weighted by molar-refractivity contribution is 0.101. The van der Waals surface area contributed by atoms with Gasteiger partial charge in [-0.25, -0.2) is 0 Å². The van der Waals surface area contributed by atoms with E-state index in [4.69, 9.17) is 9.47 Å². The van der Waals surface area contributed by atoms with Gasteiger partial charge in [-0.1, -0.05) is 15.9 Å². The molecule has 0 aliphatic carbocycles. The zero-order valence-electron chi connectivity index (χ0n) is 12.1. The van der Waals surface area contributed by atoms with Crippen LogP contribution in [0.25, 0.3) is 0 Å². The molecule has 0 radical (unpaired) electrons. The van der Waals surface area contributed by atoms with Crippen molar-refractivity contribution in [1.82, 2.24) is 0 Å². The van der Waals surface area contributed by atoms with E-state index in [1.807, 2.05) is 43.3 Å². The number of aryl methyl sites for hydroxylation is 1. The first-order valence-corrected chi connectivity index (χ1v) is 7.48. The highest BCUT2D eigenvalue weighted by molar-refractivity contribution is 9.10. The van der Waals surface area contributed by atoms with E-state index in [9.17, 15) is 4.79 Å². The lowest BCUT2D eigenvalue weighted by atomic mass is 10.1. The number of hydrogen-bond donors (Lipinski definition) is 0. The Morgan fingerprint density at radius 2 is 1.71 bits per heavy atom. The number of halogens is 1. The highest BCUT2D eigenvalue weighted by Gasteiger charge is 2.04. The largest absolute Gasteiger partial charge is 0.490 e. The molecule has 0 aliphatic rings. The minimum absolute atomic E-state index is 0.0585. The summed E-state index contributed by atoms with van der Waals surface area (Å²) in [6.07, 6.45) is 0. The van der Waals surface area contributed by atoms with Crippen LogP contribution >= 0.6 is 15.9 Å². The summed E-state index contributed by atoms with van der Waals surface area (Å²) in [5.74, 6) is 1.65. The summed E-state index contributed by atoms with van der Waals surface area (Å²) in [6.45, 7) is 4.41. The van der Waals surface area contributed by atoms with Gasteiger partial charge < -0.3 is 9.47 Å². The summed E-state index contributed by atoms with van der Waals surface area (Å²) >= 11 is 3.38. The summed E-state index contributed by atoms with van der Waals surface area (Å²) in [6, 6.07) is 13.1. The molecule has 110 valence electrons. The number of hydrogen-bond acceptors (Lipinski definition) is 3. The monoisotopic (exact) mass is 348 g/mol. The lowest BCUT2D eigenvalue weighted by Crippen LogP contribution is -2.09. The number of ether oxygens (including phenoxy) is 2. The molecule has 2 rings (SSSR count). The van der Waals surface area contributed by atoms with Gasteiger partial charge >= 0.3 is 0 Å². The van der Waals surface area contributed by atoms with Gasteiger partial charge in [-0.3, -0.25) is 4.79 Å². The van der Waals surface area contributed by atoms with E-state index < -0.39 is 0 Å². The fraction of sp³-hybridized carbons (Fsp3) is 0.235. The Balaban J connectivity index is 1.83. The minimum Gasteiger partial charge on any atom is -0.490 e. The Morgan fingerprint density at radius 3 is 2.33 bits per heavy atom. The zero-order valence-corrected chi connectivity index (χ0v) is 13.6. The second-order valence-electron chi connectivity index (χ2n) is 4.69. The molecule has 4 heteroatoms. The molecule has 0 heterocycles. The van der Waals surface area contributed by atoms with Crippen LogP contribution in [0.4, 0.5) is 0 Å². The molecular weight excluding hydrogens is 332 g/mol. The molecule has 0 aromatic heterocycles. The summed E-state index contributed by atoms with van der Waals surface area (Å²) < 4.78 is 12.3. The number of carbonyl (C=O) groups excluding carboxylic acids is 1. The van der Waals surface area contributed by atoms with Crippen LogP contribution in [-0.4, -0.2) is 19.0 Å². The molecular formula is C17H17BrO3. The third-order valence-electron chi connectivity index (χ3n) is 3.00. The number of carbonyl (C=O) groups is 1. The molecule has 2 aromatic carbocycles. The minimum atomic E-state index is 0.0585. The van der Waals surface area contributed by atoms with Crippen molar-refractivity contribution in [3.8, 4) is 11.5 Å². The molecule has 0 N–H and O–H groups in total. The standard InChI is InChI=1S/C17H17BrO3/c1-12-11-14(13(2)19)3-8-17(12)21-10-9-20-16-6-4-15(18)5-7-16/h3-8,11H,9-10H2,1-2H3. The molecule has 0 bridgehead atoms. The molecule has 3 nitrogen and oxygen atoms in total. The first-order valence-electron chi connectivity index (χ1n) is 6.69. The molecule has 2 aromatic rings. The average molecular weight is 349 g/mol. The van der Waals surface area contributed by atoms with E-state index >= 15 is 0 Å². The van der Waals surface area contributed by atoms with Gasteiger partial charge in [0.2, 0.25) is 0 Å². The zero-order chi connectivity index (χ0) is 15.2. The van der Waals surface area contributed by atoms with Crippen LogP contribution in [0, 0.1) is 6.92 Å². The summed E-state index contributed by atoms with van der Waals surface area (Å²) in [4.78, 5) is 11.3. The SMILES string of the molecule is CC(=O)c1ccc(OCCOc2ccc(Br)cc2)c(C)c1. The van der Waals surface area contributed by atoms with E-state index in [1.165, 1.54) is 0 Å². The molecule has 0 amide bonds. The van der Waals surface area contributed by atoms with Crippen LogP contribution in [0.1, 0.15) is 22.8 Å². The van der Waals surface area contributed by atoms with E-state index in [0.717, 1.165) is 21.5 Å². The van der Waals surface area contributed by atoms with Crippen molar-refractivity contribution in [2.75, 3.05) is 13.2 Å². The van der Waals surface area contributed by atoms with Gasteiger partial charge in [-0.15, -0.1) is 0 Å². The summed E-state index contributed by atoms with van der Waals surface area (Å²) in [5.41, 5.74) is 1.65. The number of rotatable bonds is 6. The van der Waals surface area contributed by atoms with Gasteiger partial charge in [-0.2, -0.15) is 0 Å². The molecule has 0 saturated heterocycles. The predicted octanol–water partition coefficient (Wildman–Crippen LogP) is 4.42. The number of benzene rings is 2. The molecule has 0 spiro atoms. The van der Waals surface area contributed by atoms with Crippen molar-refractivity contribution in [2.45, 2.75) is 13.8 Å². The maximum atomic E-state index is 11.3. The Bertz CT molecular complexity index is 620. The fourth-order valence-corrected chi connectivity index (χ4v) is 2.14. The van der Waals surface area contributed by atoms with Crippen LogP contribution < -0.4 is 9.47 Å². The topological polar surface area (TPSA) is 35.5 Å². The van der Waals surface area contributed by atoms with Crippen molar-refractivity contribution < 1.29 is 14.3 Å².